The molecule has 4 aliphatic rings. The Morgan fingerprint density at radius 2 is 1.09 bits per heavy atom. The molecule has 0 aromatic rings. The number of carbonyl (C=O) groups excluding carboxylic acids is 1. The van der Waals surface area contributed by atoms with Gasteiger partial charge in [0.15, 0.2) is 0 Å². The molecule has 4 fully saturated rings. The average Bonchev–Trinajstić information content (AvgIpc) is 3.20. The highest BCUT2D eigenvalue weighted by atomic mass is 16.6. The van der Waals surface area contributed by atoms with Gasteiger partial charge < -0.3 is 4.74 Å². The monoisotopic (exact) mass is 641 g/mol. The maximum atomic E-state index is 13.1. The molecule has 0 N–H and O–H groups in total. The minimum absolute atomic E-state index is 0.0968. The largest absolute Gasteiger partial charge is 0.459 e. The van der Waals surface area contributed by atoms with E-state index in [0.29, 0.717) is 28.6 Å². The summed E-state index contributed by atoms with van der Waals surface area (Å²) in [7, 11) is 0. The average molecular weight is 641 g/mol. The van der Waals surface area contributed by atoms with Crippen LogP contribution in [0.25, 0.3) is 0 Å². The maximum Gasteiger partial charge on any atom is 0.306 e. The first-order valence-corrected chi connectivity index (χ1v) is 21.4. The van der Waals surface area contributed by atoms with Gasteiger partial charge in [-0.3, -0.25) is 4.79 Å². The van der Waals surface area contributed by atoms with Gasteiger partial charge in [-0.2, -0.15) is 0 Å². The Labute approximate surface area is 288 Å². The van der Waals surface area contributed by atoms with E-state index >= 15 is 0 Å². The van der Waals surface area contributed by atoms with Crippen molar-refractivity contribution in [3.63, 3.8) is 0 Å². The number of unbranched alkanes of at least 4 members (excludes halogenated alkanes) is 20. The van der Waals surface area contributed by atoms with Crippen LogP contribution in [0.2, 0.25) is 0 Å². The van der Waals surface area contributed by atoms with Crippen LogP contribution in [0.15, 0.2) is 0 Å². The zero-order valence-electron chi connectivity index (χ0n) is 32.0. The van der Waals surface area contributed by atoms with Crippen LogP contribution >= 0.6 is 0 Å². The fraction of sp³-hybridized carbons (Fsp3) is 0.977. The number of hydrogen-bond acceptors (Lipinski definition) is 2. The molecule has 4 aliphatic carbocycles. The number of fused-ring (bicyclic) bond motifs is 3. The summed E-state index contributed by atoms with van der Waals surface area (Å²) in [5, 5.41) is 0. The molecule has 268 valence electrons. The number of hydrogen-bond donors (Lipinski definition) is 0. The third-order valence-corrected chi connectivity index (χ3v) is 14.6. The third kappa shape index (κ3) is 10.2. The fourth-order valence-electron chi connectivity index (χ4n) is 12.2. The Balaban J connectivity index is 0.981. The van der Waals surface area contributed by atoms with Crippen molar-refractivity contribution in [2.24, 2.45) is 34.0 Å². The van der Waals surface area contributed by atoms with Crippen LogP contribution in [0.1, 0.15) is 234 Å². The lowest BCUT2D eigenvalue weighted by molar-refractivity contribution is -0.163. The number of esters is 1. The van der Waals surface area contributed by atoms with E-state index in [2.05, 4.69) is 34.6 Å². The van der Waals surface area contributed by atoms with Gasteiger partial charge in [0, 0.05) is 6.42 Å². The zero-order chi connectivity index (χ0) is 32.9. The molecule has 4 rings (SSSR count). The van der Waals surface area contributed by atoms with Crippen molar-refractivity contribution in [2.75, 3.05) is 0 Å². The predicted octanol–water partition coefficient (Wildman–Crippen LogP) is 14.3. The molecular formula is C44H80O2. The first kappa shape index (κ1) is 38.3. The minimum atomic E-state index is -0.216. The second-order valence-corrected chi connectivity index (χ2v) is 18.6. The third-order valence-electron chi connectivity index (χ3n) is 14.6. The molecule has 0 aromatic heterocycles. The summed E-state index contributed by atoms with van der Waals surface area (Å²) >= 11 is 0. The molecule has 0 radical (unpaired) electrons. The molecule has 2 nitrogen and oxygen atoms in total. The molecule has 2 bridgehead atoms. The van der Waals surface area contributed by atoms with Gasteiger partial charge in [0.2, 0.25) is 0 Å². The van der Waals surface area contributed by atoms with Gasteiger partial charge in [-0.25, -0.2) is 0 Å². The van der Waals surface area contributed by atoms with Crippen LogP contribution in [-0.2, 0) is 9.53 Å². The molecule has 6 atom stereocenters. The summed E-state index contributed by atoms with van der Waals surface area (Å²) in [4.78, 5) is 13.1. The zero-order valence-corrected chi connectivity index (χ0v) is 32.0. The van der Waals surface area contributed by atoms with Crippen LogP contribution < -0.4 is 0 Å². The van der Waals surface area contributed by atoms with E-state index in [1.807, 2.05) is 0 Å². The minimum Gasteiger partial charge on any atom is -0.459 e. The lowest BCUT2D eigenvalue weighted by Gasteiger charge is -2.63. The summed E-state index contributed by atoms with van der Waals surface area (Å²) in [6, 6.07) is 0. The van der Waals surface area contributed by atoms with E-state index in [1.54, 1.807) is 0 Å². The Kier molecular flexibility index (Phi) is 15.4. The van der Waals surface area contributed by atoms with Crippen LogP contribution in [0.5, 0.6) is 0 Å². The van der Waals surface area contributed by atoms with Gasteiger partial charge >= 0.3 is 5.97 Å². The number of ether oxygens (including phenoxy) is 1. The summed E-state index contributed by atoms with van der Waals surface area (Å²) in [6.45, 7) is 12.4. The Bertz CT molecular complexity index is 877. The Morgan fingerprint density at radius 3 is 1.61 bits per heavy atom. The molecule has 0 aliphatic heterocycles. The smallest absolute Gasteiger partial charge is 0.306 e. The maximum absolute atomic E-state index is 13.1. The molecule has 0 amide bonds. The molecule has 6 unspecified atom stereocenters. The number of carbonyl (C=O) groups is 1. The second kappa shape index (κ2) is 18.5. The summed E-state index contributed by atoms with van der Waals surface area (Å²) in [5.74, 6) is 2.40. The summed E-state index contributed by atoms with van der Waals surface area (Å²) in [5.41, 5.74) is 1.20. The van der Waals surface area contributed by atoms with Gasteiger partial charge in [-0.05, 0) is 98.7 Å². The topological polar surface area (TPSA) is 26.3 Å². The van der Waals surface area contributed by atoms with Gasteiger partial charge in [-0.1, -0.05) is 163 Å². The molecule has 0 saturated heterocycles. The van der Waals surface area contributed by atoms with E-state index in [9.17, 15) is 4.79 Å². The van der Waals surface area contributed by atoms with Crippen LogP contribution in [0, 0.1) is 34.0 Å². The molecule has 0 aromatic carbocycles. The van der Waals surface area contributed by atoms with E-state index in [4.69, 9.17) is 4.74 Å². The number of rotatable bonds is 23. The van der Waals surface area contributed by atoms with E-state index in [0.717, 1.165) is 24.7 Å². The van der Waals surface area contributed by atoms with Gasteiger partial charge in [0.05, 0.1) is 0 Å². The lowest BCUT2D eigenvalue weighted by atomic mass is 9.41. The molecule has 2 heteroatoms. The van der Waals surface area contributed by atoms with Crippen molar-refractivity contribution in [2.45, 2.75) is 239 Å². The second-order valence-electron chi connectivity index (χ2n) is 18.6. The molecule has 46 heavy (non-hydrogen) atoms. The molecule has 4 saturated carbocycles. The van der Waals surface area contributed by atoms with Crippen molar-refractivity contribution in [3.05, 3.63) is 0 Å². The Hall–Kier alpha value is -0.530. The molecule has 0 heterocycles. The van der Waals surface area contributed by atoms with Crippen molar-refractivity contribution < 1.29 is 9.53 Å². The van der Waals surface area contributed by atoms with Crippen molar-refractivity contribution in [1.82, 2.24) is 0 Å². The van der Waals surface area contributed by atoms with E-state index in [1.165, 1.54) is 180 Å². The highest BCUT2D eigenvalue weighted by molar-refractivity contribution is 5.70. The Morgan fingerprint density at radius 1 is 0.587 bits per heavy atom. The van der Waals surface area contributed by atoms with Crippen molar-refractivity contribution >= 4 is 5.97 Å². The first-order chi connectivity index (χ1) is 22.2. The van der Waals surface area contributed by atoms with Crippen LogP contribution in [0.4, 0.5) is 0 Å². The fourth-order valence-corrected chi connectivity index (χ4v) is 12.2. The van der Waals surface area contributed by atoms with Crippen LogP contribution in [0.3, 0.4) is 0 Å². The predicted molar refractivity (Wildman–Crippen MR) is 198 cm³/mol. The first-order valence-electron chi connectivity index (χ1n) is 21.4. The quantitative estimate of drug-likeness (QED) is 0.0820. The van der Waals surface area contributed by atoms with Crippen molar-refractivity contribution in [1.29, 1.82) is 0 Å². The van der Waals surface area contributed by atoms with Gasteiger partial charge in [0.1, 0.15) is 5.60 Å². The standard InChI is InChI=1S/C44H80O2/c1-6-7-8-9-10-11-12-13-14-15-16-17-18-19-20-21-22-23-24-25-26-28-40(45)46-43(5)36-44-34-31-38-41(2,3)32-27-33-42(38,4)39(44)30-29-37(43)35-44/h37-39H,6-36H2,1-5H3. The lowest BCUT2D eigenvalue weighted by Crippen LogP contribution is -2.55. The van der Waals surface area contributed by atoms with E-state index < -0.39 is 0 Å². The highest BCUT2D eigenvalue weighted by Crippen LogP contribution is 2.73. The summed E-state index contributed by atoms with van der Waals surface area (Å²) < 4.78 is 6.47. The van der Waals surface area contributed by atoms with Gasteiger partial charge in [-0.15, -0.1) is 0 Å². The van der Waals surface area contributed by atoms with Gasteiger partial charge in [0.25, 0.3) is 0 Å². The van der Waals surface area contributed by atoms with E-state index in [-0.39, 0.29) is 11.6 Å². The molecule has 1 spiro atoms. The summed E-state index contributed by atoms with van der Waals surface area (Å²) in [6.07, 6.45) is 42.1. The van der Waals surface area contributed by atoms with Crippen molar-refractivity contribution in [3.8, 4) is 0 Å². The molecular weight excluding hydrogens is 560 g/mol. The highest BCUT2D eigenvalue weighted by Gasteiger charge is 2.67. The normalized spacial score (nSPS) is 33.0. The van der Waals surface area contributed by atoms with Crippen LogP contribution in [-0.4, -0.2) is 11.6 Å². The SMILES string of the molecule is CCCCCCCCCCCCCCCCCCCCCCCC(=O)OC1(C)CC23CCC4C(C)(C)CCCC4(C)C2CCC1C3.